The molecule has 1 atom stereocenters. The Morgan fingerprint density at radius 2 is 1.47 bits per heavy atom. The van der Waals surface area contributed by atoms with E-state index in [1.807, 2.05) is 54.6 Å². The highest BCUT2D eigenvalue weighted by atomic mass is 79.9. The van der Waals surface area contributed by atoms with Gasteiger partial charge in [0.1, 0.15) is 12.6 Å². The van der Waals surface area contributed by atoms with E-state index in [9.17, 15) is 18.0 Å². The quantitative estimate of drug-likeness (QED) is 0.178. The Labute approximate surface area is 270 Å². The number of hydrogen-bond donors (Lipinski definition) is 1. The molecule has 0 bridgehead atoms. The zero-order chi connectivity index (χ0) is 31.0. The van der Waals surface area contributed by atoms with Crippen LogP contribution in [0.25, 0.3) is 0 Å². The molecule has 1 N–H and O–H groups in total. The largest absolute Gasteiger partial charge is 0.355 e. The van der Waals surface area contributed by atoms with Crippen LogP contribution in [-0.2, 0) is 32.6 Å². The van der Waals surface area contributed by atoms with Gasteiger partial charge in [-0.25, -0.2) is 8.42 Å². The van der Waals surface area contributed by atoms with Crippen LogP contribution in [-0.4, -0.2) is 44.3 Å². The number of sulfonamides is 1. The summed E-state index contributed by atoms with van der Waals surface area (Å²) in [6.07, 6.45) is 0.221. The fourth-order valence-electron chi connectivity index (χ4n) is 4.55. The number of halogens is 3. The number of likely N-dealkylation sites (N-methyl/N-ethyl adjacent to an activating group) is 1. The normalized spacial score (nSPS) is 11.9. The van der Waals surface area contributed by atoms with Crippen molar-refractivity contribution in [3.8, 4) is 0 Å². The summed E-state index contributed by atoms with van der Waals surface area (Å²) in [7, 11) is -4.28. The Bertz CT molecular complexity index is 1660. The maximum absolute atomic E-state index is 14.4. The van der Waals surface area contributed by atoms with E-state index < -0.39 is 28.5 Å². The summed E-state index contributed by atoms with van der Waals surface area (Å²) < 4.78 is 29.8. The van der Waals surface area contributed by atoms with Gasteiger partial charge in [0.25, 0.3) is 10.0 Å². The molecule has 4 rings (SSSR count). The van der Waals surface area contributed by atoms with Gasteiger partial charge in [0.15, 0.2) is 0 Å². The van der Waals surface area contributed by atoms with Crippen molar-refractivity contribution in [2.75, 3.05) is 17.4 Å². The lowest BCUT2D eigenvalue weighted by molar-refractivity contribution is -0.140. The molecule has 4 aromatic rings. The van der Waals surface area contributed by atoms with Crippen LogP contribution in [0.3, 0.4) is 0 Å². The smallest absolute Gasteiger partial charge is 0.264 e. The third-order valence-corrected chi connectivity index (χ3v) is 9.81. The molecule has 0 aliphatic carbocycles. The van der Waals surface area contributed by atoms with E-state index in [4.69, 9.17) is 23.2 Å². The monoisotopic (exact) mass is 701 g/mol. The molecule has 1 unspecified atom stereocenters. The number of nitrogens with one attached hydrogen (secondary N) is 1. The number of benzene rings is 4. The highest BCUT2D eigenvalue weighted by Crippen LogP contribution is 2.35. The second kappa shape index (κ2) is 14.9. The summed E-state index contributed by atoms with van der Waals surface area (Å²) in [5, 5.41) is 2.96. The van der Waals surface area contributed by atoms with Gasteiger partial charge in [0, 0.05) is 24.0 Å². The molecule has 7 nitrogen and oxygen atoms in total. The minimum absolute atomic E-state index is 0.0134. The van der Waals surface area contributed by atoms with Crippen LogP contribution in [0.5, 0.6) is 0 Å². The Morgan fingerprint density at radius 1 is 0.837 bits per heavy atom. The molecule has 11 heteroatoms. The number of carbonyl (C=O) groups is 2. The van der Waals surface area contributed by atoms with Crippen molar-refractivity contribution in [3.63, 3.8) is 0 Å². The standard InChI is InChI=1S/C32H30BrCl2N3O4S/c1-2-36-32(40)29(20-23-10-5-3-6-11-23)37(21-24-16-18-25(33)19-17-24)30(39)22-38(28-15-9-14-27(34)31(28)35)43(41,42)26-12-7-4-8-13-26/h3-19,29H,2,20-22H2,1H3,(H,36,40). The van der Waals surface area contributed by atoms with Gasteiger partial charge in [-0.15, -0.1) is 0 Å². The van der Waals surface area contributed by atoms with E-state index in [1.54, 1.807) is 31.2 Å². The summed E-state index contributed by atoms with van der Waals surface area (Å²) in [4.78, 5) is 29.3. The number of anilines is 1. The first-order valence-electron chi connectivity index (χ1n) is 13.5. The minimum Gasteiger partial charge on any atom is -0.355 e. The predicted molar refractivity (Wildman–Crippen MR) is 175 cm³/mol. The van der Waals surface area contributed by atoms with E-state index in [1.165, 1.54) is 29.2 Å². The number of carbonyl (C=O) groups excluding carboxylic acids is 2. The van der Waals surface area contributed by atoms with Crippen molar-refractivity contribution < 1.29 is 18.0 Å². The summed E-state index contributed by atoms with van der Waals surface area (Å²) >= 11 is 16.2. The van der Waals surface area contributed by atoms with Crippen LogP contribution in [0.4, 0.5) is 5.69 Å². The van der Waals surface area contributed by atoms with E-state index in [0.717, 1.165) is 19.9 Å². The fraction of sp³-hybridized carbons (Fsp3) is 0.188. The van der Waals surface area contributed by atoms with Gasteiger partial charge < -0.3 is 10.2 Å². The molecule has 43 heavy (non-hydrogen) atoms. The molecule has 0 spiro atoms. The first-order chi connectivity index (χ1) is 20.6. The molecule has 4 aromatic carbocycles. The Kier molecular flexibility index (Phi) is 11.3. The van der Waals surface area contributed by atoms with Crippen molar-refractivity contribution in [1.82, 2.24) is 10.2 Å². The average molecular weight is 703 g/mol. The molecule has 0 saturated carbocycles. The molecule has 224 valence electrons. The molecular formula is C32H30BrCl2N3O4S. The van der Waals surface area contributed by atoms with Crippen molar-refractivity contribution in [2.24, 2.45) is 0 Å². The third-order valence-electron chi connectivity index (χ3n) is 6.70. The van der Waals surface area contributed by atoms with Gasteiger partial charge in [-0.05, 0) is 54.4 Å². The number of nitrogens with zero attached hydrogens (tertiary/aromatic N) is 2. The van der Waals surface area contributed by atoms with Crippen molar-refractivity contribution >= 4 is 66.7 Å². The Morgan fingerprint density at radius 3 is 2.09 bits per heavy atom. The molecule has 0 aromatic heterocycles. The minimum atomic E-state index is -4.28. The van der Waals surface area contributed by atoms with Crippen LogP contribution in [0.2, 0.25) is 10.0 Å². The number of hydrogen-bond acceptors (Lipinski definition) is 4. The van der Waals surface area contributed by atoms with Crippen LogP contribution in [0, 0.1) is 0 Å². The predicted octanol–water partition coefficient (Wildman–Crippen LogP) is 6.73. The summed E-state index contributed by atoms with van der Waals surface area (Å²) in [5.74, 6) is -0.944. The molecule has 2 amide bonds. The van der Waals surface area contributed by atoms with Gasteiger partial charge in [0.05, 0.1) is 20.6 Å². The highest BCUT2D eigenvalue weighted by molar-refractivity contribution is 9.10. The average Bonchev–Trinajstić information content (AvgIpc) is 3.01. The lowest BCUT2D eigenvalue weighted by atomic mass is 10.0. The van der Waals surface area contributed by atoms with Crippen molar-refractivity contribution in [3.05, 3.63) is 129 Å². The summed E-state index contributed by atoms with van der Waals surface area (Å²) in [6.45, 7) is 1.59. The lowest BCUT2D eigenvalue weighted by Crippen LogP contribution is -2.53. The first kappa shape index (κ1) is 32.5. The molecule has 0 aliphatic rings. The van der Waals surface area contributed by atoms with Crippen LogP contribution >= 0.6 is 39.1 Å². The fourth-order valence-corrected chi connectivity index (χ4v) is 6.71. The van der Waals surface area contributed by atoms with E-state index in [-0.39, 0.29) is 39.5 Å². The van der Waals surface area contributed by atoms with Gasteiger partial charge in [0.2, 0.25) is 11.8 Å². The van der Waals surface area contributed by atoms with E-state index in [0.29, 0.717) is 6.54 Å². The zero-order valence-electron chi connectivity index (χ0n) is 23.3. The first-order valence-corrected chi connectivity index (χ1v) is 16.5. The molecule has 0 heterocycles. The topological polar surface area (TPSA) is 86.8 Å². The Balaban J connectivity index is 1.81. The molecule has 0 saturated heterocycles. The van der Waals surface area contributed by atoms with Crippen molar-refractivity contribution in [2.45, 2.75) is 30.8 Å². The van der Waals surface area contributed by atoms with E-state index in [2.05, 4.69) is 21.2 Å². The molecule has 0 radical (unpaired) electrons. The summed E-state index contributed by atoms with van der Waals surface area (Å²) in [5.41, 5.74) is 1.66. The van der Waals surface area contributed by atoms with Crippen molar-refractivity contribution in [1.29, 1.82) is 0 Å². The second-order valence-corrected chi connectivity index (χ2v) is 13.2. The zero-order valence-corrected chi connectivity index (χ0v) is 27.2. The maximum atomic E-state index is 14.4. The SMILES string of the molecule is CCNC(=O)C(Cc1ccccc1)N(Cc1ccc(Br)cc1)C(=O)CN(c1cccc(Cl)c1Cl)S(=O)(=O)c1ccccc1. The lowest BCUT2D eigenvalue weighted by Gasteiger charge is -2.34. The van der Waals surface area contributed by atoms with Crippen LogP contribution in [0.15, 0.2) is 112 Å². The van der Waals surface area contributed by atoms with Crippen LogP contribution in [0.1, 0.15) is 18.1 Å². The highest BCUT2D eigenvalue weighted by Gasteiger charge is 2.35. The number of rotatable bonds is 12. The summed E-state index contributed by atoms with van der Waals surface area (Å²) in [6, 6.07) is 28.1. The second-order valence-electron chi connectivity index (χ2n) is 9.65. The number of amides is 2. The van der Waals surface area contributed by atoms with Gasteiger partial charge in [-0.1, -0.05) is 106 Å². The molecule has 0 aliphatic heterocycles. The van der Waals surface area contributed by atoms with Gasteiger partial charge >= 0.3 is 0 Å². The van der Waals surface area contributed by atoms with E-state index >= 15 is 0 Å². The van der Waals surface area contributed by atoms with Gasteiger partial charge in [-0.2, -0.15) is 0 Å². The van der Waals surface area contributed by atoms with Gasteiger partial charge in [-0.3, -0.25) is 13.9 Å². The molecular weight excluding hydrogens is 673 g/mol. The maximum Gasteiger partial charge on any atom is 0.264 e. The Hall–Kier alpha value is -3.37. The molecule has 0 fully saturated rings. The van der Waals surface area contributed by atoms with Crippen LogP contribution < -0.4 is 9.62 Å². The third kappa shape index (κ3) is 8.17.